The van der Waals surface area contributed by atoms with E-state index in [1.165, 1.54) is 12.1 Å². The molecule has 3 aromatic carbocycles. The first-order valence-corrected chi connectivity index (χ1v) is 14.9. The Morgan fingerprint density at radius 3 is 1.70 bits per heavy atom. The molecule has 230 valence electrons. The third kappa shape index (κ3) is 10.8. The van der Waals surface area contributed by atoms with Gasteiger partial charge in [-0.2, -0.15) is 0 Å². The topological polar surface area (TPSA) is 136 Å². The lowest BCUT2D eigenvalue weighted by Gasteiger charge is -2.22. The largest absolute Gasteiger partial charge is 0.508 e. The molecule has 8 nitrogen and oxygen atoms in total. The number of hydrogen-bond acceptors (Lipinski definition) is 5. The zero-order valence-corrected chi connectivity index (χ0v) is 25.4. The summed E-state index contributed by atoms with van der Waals surface area (Å²) in [6.07, 6.45) is 2.26. The van der Waals surface area contributed by atoms with Gasteiger partial charge in [0.2, 0.25) is 11.8 Å². The first-order valence-electron chi connectivity index (χ1n) is 14.9. The fourth-order valence-corrected chi connectivity index (χ4v) is 5.10. The minimum absolute atomic E-state index is 0.0685. The molecule has 2 unspecified atom stereocenters. The van der Waals surface area contributed by atoms with E-state index in [1.54, 1.807) is 24.3 Å². The van der Waals surface area contributed by atoms with Crippen LogP contribution in [0.4, 0.5) is 0 Å². The number of carbonyl (C=O) groups excluding carboxylic acids is 2. The Kier molecular flexibility index (Phi) is 12.2. The molecule has 0 spiro atoms. The number of carboxylic acids is 1. The third-order valence-electron chi connectivity index (χ3n) is 7.37. The van der Waals surface area contributed by atoms with Gasteiger partial charge in [0.25, 0.3) is 0 Å². The van der Waals surface area contributed by atoms with Gasteiger partial charge in [0.15, 0.2) is 0 Å². The average molecular weight is 589 g/mol. The summed E-state index contributed by atoms with van der Waals surface area (Å²) < 4.78 is 0. The molecule has 2 amide bonds. The maximum absolute atomic E-state index is 13.2. The number of aliphatic carboxylic acids is 1. The molecule has 3 aromatic rings. The van der Waals surface area contributed by atoms with Crippen molar-refractivity contribution in [2.24, 2.45) is 11.8 Å². The van der Waals surface area contributed by atoms with Crippen LogP contribution in [-0.4, -0.2) is 39.1 Å². The number of carboxylic acid groups (broad SMARTS) is 1. The zero-order chi connectivity index (χ0) is 31.5. The Bertz CT molecular complexity index is 1330. The molecule has 0 aromatic heterocycles. The summed E-state index contributed by atoms with van der Waals surface area (Å²) in [6, 6.07) is 19.5. The third-order valence-corrected chi connectivity index (χ3v) is 7.37. The second-order valence-electron chi connectivity index (χ2n) is 12.0. The van der Waals surface area contributed by atoms with Crippen molar-refractivity contribution in [3.63, 3.8) is 0 Å². The summed E-state index contributed by atoms with van der Waals surface area (Å²) in [4.78, 5) is 38.1. The Morgan fingerprint density at radius 1 is 0.674 bits per heavy atom. The number of carbonyl (C=O) groups is 3. The Morgan fingerprint density at radius 2 is 1.19 bits per heavy atom. The minimum Gasteiger partial charge on any atom is -0.508 e. The molecule has 0 saturated carbocycles. The molecule has 0 bridgehead atoms. The van der Waals surface area contributed by atoms with Gasteiger partial charge in [-0.25, -0.2) is 4.79 Å². The maximum Gasteiger partial charge on any atom is 0.326 e. The molecule has 0 aliphatic rings. The van der Waals surface area contributed by atoms with Crippen molar-refractivity contribution in [2.45, 2.75) is 77.8 Å². The van der Waals surface area contributed by atoms with Crippen LogP contribution in [0.2, 0.25) is 0 Å². The smallest absolute Gasteiger partial charge is 0.326 e. The maximum atomic E-state index is 13.2. The SMILES string of the molecule is CC(C)CC(NC(=O)CCc1ccc(C[C@H](NC(=O)C(CC(C)C)c2ccc(O)cc2)C(=O)O)cc1)c1ccc(O)cc1. The summed E-state index contributed by atoms with van der Waals surface area (Å²) >= 11 is 0. The Labute approximate surface area is 254 Å². The number of aryl methyl sites for hydroxylation is 1. The number of nitrogens with one attached hydrogen (secondary N) is 2. The summed E-state index contributed by atoms with van der Waals surface area (Å²) in [6.45, 7) is 8.20. The number of phenolic OH excluding ortho intramolecular Hbond substituents is 2. The predicted molar refractivity (Wildman–Crippen MR) is 167 cm³/mol. The van der Waals surface area contributed by atoms with Crippen molar-refractivity contribution >= 4 is 17.8 Å². The second kappa shape index (κ2) is 15.8. The quantitative estimate of drug-likeness (QED) is 0.151. The normalized spacial score (nSPS) is 13.3. The van der Waals surface area contributed by atoms with E-state index < -0.39 is 17.9 Å². The molecule has 3 rings (SSSR count). The van der Waals surface area contributed by atoms with E-state index in [2.05, 4.69) is 24.5 Å². The summed E-state index contributed by atoms with van der Waals surface area (Å²) in [5.41, 5.74) is 3.38. The van der Waals surface area contributed by atoms with Crippen LogP contribution in [0.5, 0.6) is 11.5 Å². The predicted octanol–water partition coefficient (Wildman–Crippen LogP) is 5.88. The second-order valence-corrected chi connectivity index (χ2v) is 12.0. The Balaban J connectivity index is 1.59. The van der Waals surface area contributed by atoms with Crippen molar-refractivity contribution in [3.8, 4) is 11.5 Å². The molecular formula is C35H44N2O6. The number of phenols is 2. The number of benzene rings is 3. The zero-order valence-electron chi connectivity index (χ0n) is 25.4. The van der Waals surface area contributed by atoms with Gasteiger partial charge < -0.3 is 26.0 Å². The number of rotatable bonds is 15. The molecule has 5 N–H and O–H groups in total. The summed E-state index contributed by atoms with van der Waals surface area (Å²) in [7, 11) is 0. The van der Waals surface area contributed by atoms with E-state index >= 15 is 0 Å². The first kappa shape index (κ1) is 33.2. The molecule has 0 heterocycles. The van der Waals surface area contributed by atoms with E-state index in [0.717, 1.165) is 28.7 Å². The highest BCUT2D eigenvalue weighted by atomic mass is 16.4. The van der Waals surface area contributed by atoms with Gasteiger partial charge in [0, 0.05) is 12.8 Å². The van der Waals surface area contributed by atoms with Crippen molar-refractivity contribution in [3.05, 3.63) is 95.1 Å². The van der Waals surface area contributed by atoms with E-state index in [0.29, 0.717) is 25.2 Å². The summed E-state index contributed by atoms with van der Waals surface area (Å²) in [5.74, 6) is -1.22. The lowest BCUT2D eigenvalue weighted by atomic mass is 9.89. The van der Waals surface area contributed by atoms with Crippen molar-refractivity contribution < 1.29 is 29.7 Å². The highest BCUT2D eigenvalue weighted by Gasteiger charge is 2.27. The number of aromatic hydroxyl groups is 2. The van der Waals surface area contributed by atoms with Crippen LogP contribution in [0.3, 0.4) is 0 Å². The van der Waals surface area contributed by atoms with Crippen LogP contribution in [0.1, 0.15) is 81.2 Å². The lowest BCUT2D eigenvalue weighted by Crippen LogP contribution is -2.44. The highest BCUT2D eigenvalue weighted by Crippen LogP contribution is 2.27. The van der Waals surface area contributed by atoms with Gasteiger partial charge in [-0.3, -0.25) is 9.59 Å². The van der Waals surface area contributed by atoms with Crippen LogP contribution in [0.25, 0.3) is 0 Å². The fraction of sp³-hybridized carbons (Fsp3) is 0.400. The van der Waals surface area contributed by atoms with Crippen LogP contribution < -0.4 is 10.6 Å². The van der Waals surface area contributed by atoms with Crippen LogP contribution in [-0.2, 0) is 27.2 Å². The fourth-order valence-electron chi connectivity index (χ4n) is 5.10. The molecule has 8 heteroatoms. The summed E-state index contributed by atoms with van der Waals surface area (Å²) in [5, 5.41) is 34.9. The molecular weight excluding hydrogens is 544 g/mol. The van der Waals surface area contributed by atoms with E-state index in [9.17, 15) is 29.7 Å². The monoisotopic (exact) mass is 588 g/mol. The van der Waals surface area contributed by atoms with Crippen molar-refractivity contribution in [1.82, 2.24) is 10.6 Å². The van der Waals surface area contributed by atoms with E-state index in [1.807, 2.05) is 50.2 Å². The molecule has 3 atom stereocenters. The average Bonchev–Trinajstić information content (AvgIpc) is 2.95. The van der Waals surface area contributed by atoms with Crippen molar-refractivity contribution in [1.29, 1.82) is 0 Å². The van der Waals surface area contributed by atoms with Gasteiger partial charge in [0.05, 0.1) is 12.0 Å². The van der Waals surface area contributed by atoms with Crippen LogP contribution in [0, 0.1) is 11.8 Å². The van der Waals surface area contributed by atoms with Gasteiger partial charge >= 0.3 is 5.97 Å². The lowest BCUT2D eigenvalue weighted by molar-refractivity contribution is -0.142. The molecule has 0 aliphatic carbocycles. The van der Waals surface area contributed by atoms with Crippen LogP contribution >= 0.6 is 0 Å². The van der Waals surface area contributed by atoms with Crippen molar-refractivity contribution in [2.75, 3.05) is 0 Å². The minimum atomic E-state index is -1.12. The van der Waals surface area contributed by atoms with E-state index in [-0.39, 0.29) is 41.7 Å². The standard InChI is InChI=1S/C35H44N2O6/c1-22(2)19-30(26-10-14-28(38)15-11-26)34(41)37-32(35(42)43)21-25-7-5-24(6-8-25)9-18-33(40)36-31(20-23(3)4)27-12-16-29(39)17-13-27/h5-8,10-17,22-23,30-32,38-39H,9,18-21H2,1-4H3,(H,36,40)(H,37,41)(H,42,43)/t30?,31?,32-/m0/s1. The Hall–Kier alpha value is -4.33. The van der Waals surface area contributed by atoms with Gasteiger partial charge in [-0.1, -0.05) is 76.2 Å². The number of hydrogen-bond donors (Lipinski definition) is 5. The van der Waals surface area contributed by atoms with E-state index in [4.69, 9.17) is 0 Å². The molecule has 0 radical (unpaired) electrons. The number of amides is 2. The molecule has 0 aliphatic heterocycles. The van der Waals surface area contributed by atoms with Gasteiger partial charge in [-0.05, 0) is 77.6 Å². The first-order chi connectivity index (χ1) is 20.4. The molecule has 43 heavy (non-hydrogen) atoms. The molecule has 0 saturated heterocycles. The molecule has 0 fully saturated rings. The van der Waals surface area contributed by atoms with Crippen LogP contribution in [0.15, 0.2) is 72.8 Å². The van der Waals surface area contributed by atoms with Gasteiger partial charge in [0.1, 0.15) is 17.5 Å². The van der Waals surface area contributed by atoms with Gasteiger partial charge in [-0.15, -0.1) is 0 Å². The highest BCUT2D eigenvalue weighted by molar-refractivity contribution is 5.88.